The Bertz CT molecular complexity index is 511. The minimum Gasteiger partial charge on any atom is -0.316 e. The summed E-state index contributed by atoms with van der Waals surface area (Å²) in [5.74, 6) is -0.0676. The Balaban J connectivity index is 2.31. The standard InChI is InChI=1S/C15H20N2OS/c1-10(2)14(18)17-15-12(9-16)11-7-5-3-4-6-8-13(11)19-15/h10H,3-8H2,1-2H3,(H,17,18). The van der Waals surface area contributed by atoms with E-state index in [1.165, 1.54) is 29.7 Å². The van der Waals surface area contributed by atoms with E-state index in [1.807, 2.05) is 13.8 Å². The molecule has 3 nitrogen and oxygen atoms in total. The summed E-state index contributed by atoms with van der Waals surface area (Å²) in [6, 6.07) is 2.29. The molecule has 1 N–H and O–H groups in total. The van der Waals surface area contributed by atoms with E-state index >= 15 is 0 Å². The summed E-state index contributed by atoms with van der Waals surface area (Å²) in [6.07, 6.45) is 6.88. The van der Waals surface area contributed by atoms with Gasteiger partial charge in [0.1, 0.15) is 11.1 Å². The average Bonchev–Trinajstić information content (AvgIpc) is 2.65. The monoisotopic (exact) mass is 276 g/mol. The van der Waals surface area contributed by atoms with Gasteiger partial charge in [0.2, 0.25) is 5.91 Å². The van der Waals surface area contributed by atoms with Gasteiger partial charge in [-0.2, -0.15) is 5.26 Å². The quantitative estimate of drug-likeness (QED) is 0.891. The van der Waals surface area contributed by atoms with Crippen molar-refractivity contribution in [2.45, 2.75) is 52.4 Å². The Kier molecular flexibility index (Phi) is 4.60. The predicted molar refractivity (Wildman–Crippen MR) is 78.4 cm³/mol. The van der Waals surface area contributed by atoms with E-state index in [9.17, 15) is 10.1 Å². The molecule has 0 spiro atoms. The lowest BCUT2D eigenvalue weighted by Gasteiger charge is -2.08. The molecule has 0 atom stereocenters. The van der Waals surface area contributed by atoms with Crippen LogP contribution in [0.1, 0.15) is 55.5 Å². The number of rotatable bonds is 2. The molecule has 102 valence electrons. The van der Waals surface area contributed by atoms with E-state index in [-0.39, 0.29) is 11.8 Å². The summed E-state index contributed by atoms with van der Waals surface area (Å²) >= 11 is 1.60. The summed E-state index contributed by atoms with van der Waals surface area (Å²) < 4.78 is 0. The minimum atomic E-state index is -0.0590. The molecule has 1 aromatic heterocycles. The summed E-state index contributed by atoms with van der Waals surface area (Å²) in [5.41, 5.74) is 1.89. The van der Waals surface area contributed by atoms with E-state index in [2.05, 4.69) is 11.4 Å². The molecular formula is C15H20N2OS. The van der Waals surface area contributed by atoms with Gasteiger partial charge < -0.3 is 5.32 Å². The Morgan fingerprint density at radius 2 is 1.95 bits per heavy atom. The Hall–Kier alpha value is -1.34. The van der Waals surface area contributed by atoms with E-state index < -0.39 is 0 Å². The van der Waals surface area contributed by atoms with Crippen molar-refractivity contribution in [3.8, 4) is 6.07 Å². The summed E-state index contributed by atoms with van der Waals surface area (Å²) in [5, 5.41) is 13.1. The highest BCUT2D eigenvalue weighted by Gasteiger charge is 2.20. The lowest BCUT2D eigenvalue weighted by molar-refractivity contribution is -0.118. The maximum Gasteiger partial charge on any atom is 0.227 e. The number of amides is 1. The number of hydrogen-bond donors (Lipinski definition) is 1. The highest BCUT2D eigenvalue weighted by molar-refractivity contribution is 7.16. The Labute approximate surface area is 118 Å². The maximum atomic E-state index is 11.8. The van der Waals surface area contributed by atoms with Crippen molar-refractivity contribution in [1.82, 2.24) is 0 Å². The molecule has 0 radical (unpaired) electrons. The van der Waals surface area contributed by atoms with E-state index in [0.29, 0.717) is 5.56 Å². The summed E-state index contributed by atoms with van der Waals surface area (Å²) in [4.78, 5) is 13.1. The summed E-state index contributed by atoms with van der Waals surface area (Å²) in [6.45, 7) is 3.73. The van der Waals surface area contributed by atoms with Crippen molar-refractivity contribution in [2.24, 2.45) is 5.92 Å². The van der Waals surface area contributed by atoms with Gasteiger partial charge in [0, 0.05) is 10.8 Å². The molecule has 1 heterocycles. The third kappa shape index (κ3) is 3.16. The fourth-order valence-corrected chi connectivity index (χ4v) is 3.62. The van der Waals surface area contributed by atoms with Gasteiger partial charge in [-0.15, -0.1) is 11.3 Å². The lowest BCUT2D eigenvalue weighted by Crippen LogP contribution is -2.17. The first-order valence-corrected chi connectivity index (χ1v) is 7.80. The molecule has 0 aliphatic heterocycles. The Morgan fingerprint density at radius 3 is 2.58 bits per heavy atom. The number of nitriles is 1. The topological polar surface area (TPSA) is 52.9 Å². The SMILES string of the molecule is CC(C)C(=O)Nc1sc2c(c1C#N)CCCCCC2. The zero-order valence-corrected chi connectivity index (χ0v) is 12.4. The number of aryl methyl sites for hydroxylation is 1. The summed E-state index contributed by atoms with van der Waals surface area (Å²) in [7, 11) is 0. The second-order valence-corrected chi connectivity index (χ2v) is 6.48. The largest absolute Gasteiger partial charge is 0.316 e. The van der Waals surface area contributed by atoms with Gasteiger partial charge in [0.15, 0.2) is 0 Å². The predicted octanol–water partition coefficient (Wildman–Crippen LogP) is 3.87. The number of fused-ring (bicyclic) bond motifs is 1. The van der Waals surface area contributed by atoms with Crippen LogP contribution in [0.5, 0.6) is 0 Å². The van der Waals surface area contributed by atoms with Crippen LogP contribution in [0, 0.1) is 17.2 Å². The van der Waals surface area contributed by atoms with Gasteiger partial charge >= 0.3 is 0 Å². The van der Waals surface area contributed by atoms with Crippen LogP contribution in [0.25, 0.3) is 0 Å². The van der Waals surface area contributed by atoms with Crippen molar-refractivity contribution in [3.05, 3.63) is 16.0 Å². The van der Waals surface area contributed by atoms with Gasteiger partial charge in [-0.25, -0.2) is 0 Å². The van der Waals surface area contributed by atoms with Crippen LogP contribution in [0.3, 0.4) is 0 Å². The minimum absolute atomic E-state index is 0.00859. The van der Waals surface area contributed by atoms with Crippen LogP contribution in [-0.2, 0) is 17.6 Å². The molecule has 0 aromatic carbocycles. The van der Waals surface area contributed by atoms with Gasteiger partial charge in [0.05, 0.1) is 5.56 Å². The number of nitrogens with one attached hydrogen (secondary N) is 1. The van der Waals surface area contributed by atoms with Crippen LogP contribution < -0.4 is 5.32 Å². The van der Waals surface area contributed by atoms with Crippen LogP contribution in [0.15, 0.2) is 0 Å². The molecule has 0 unspecified atom stereocenters. The van der Waals surface area contributed by atoms with E-state index in [4.69, 9.17) is 0 Å². The number of anilines is 1. The second-order valence-electron chi connectivity index (χ2n) is 5.38. The average molecular weight is 276 g/mol. The number of carbonyl (C=O) groups is 1. The van der Waals surface area contributed by atoms with Crippen LogP contribution in [0.4, 0.5) is 5.00 Å². The normalized spacial score (nSPS) is 15.3. The highest BCUT2D eigenvalue weighted by atomic mass is 32.1. The first kappa shape index (κ1) is 14.1. The fraction of sp³-hybridized carbons (Fsp3) is 0.600. The number of hydrogen-bond acceptors (Lipinski definition) is 3. The maximum absolute atomic E-state index is 11.8. The third-order valence-electron chi connectivity index (χ3n) is 3.54. The fourth-order valence-electron chi connectivity index (χ4n) is 2.38. The molecule has 0 fully saturated rings. The lowest BCUT2D eigenvalue weighted by atomic mass is 9.97. The second kappa shape index (κ2) is 6.21. The molecule has 1 amide bonds. The molecule has 0 saturated carbocycles. The van der Waals surface area contributed by atoms with Gasteiger partial charge in [-0.05, 0) is 31.2 Å². The zero-order valence-electron chi connectivity index (χ0n) is 11.6. The van der Waals surface area contributed by atoms with Crippen molar-refractivity contribution in [1.29, 1.82) is 5.26 Å². The van der Waals surface area contributed by atoms with Crippen molar-refractivity contribution < 1.29 is 4.79 Å². The number of thiophene rings is 1. The molecule has 4 heteroatoms. The zero-order chi connectivity index (χ0) is 13.8. The molecule has 1 aliphatic rings. The smallest absolute Gasteiger partial charge is 0.227 e. The van der Waals surface area contributed by atoms with Crippen molar-refractivity contribution in [3.63, 3.8) is 0 Å². The molecule has 19 heavy (non-hydrogen) atoms. The molecular weight excluding hydrogens is 256 g/mol. The molecule has 0 bridgehead atoms. The van der Waals surface area contributed by atoms with Crippen molar-refractivity contribution >= 4 is 22.2 Å². The van der Waals surface area contributed by atoms with Crippen LogP contribution in [-0.4, -0.2) is 5.91 Å². The van der Waals surface area contributed by atoms with Crippen LogP contribution in [0.2, 0.25) is 0 Å². The first-order valence-electron chi connectivity index (χ1n) is 6.99. The molecule has 2 rings (SSSR count). The first-order chi connectivity index (χ1) is 9.13. The van der Waals surface area contributed by atoms with E-state index in [1.54, 1.807) is 11.3 Å². The van der Waals surface area contributed by atoms with Gasteiger partial charge in [0.25, 0.3) is 0 Å². The third-order valence-corrected chi connectivity index (χ3v) is 4.75. The van der Waals surface area contributed by atoms with E-state index in [0.717, 1.165) is 24.3 Å². The highest BCUT2D eigenvalue weighted by Crippen LogP contribution is 2.36. The molecule has 1 aromatic rings. The molecule has 0 saturated heterocycles. The number of carbonyl (C=O) groups excluding carboxylic acids is 1. The van der Waals surface area contributed by atoms with Crippen LogP contribution >= 0.6 is 11.3 Å². The molecule has 1 aliphatic carbocycles. The van der Waals surface area contributed by atoms with Gasteiger partial charge in [-0.1, -0.05) is 26.7 Å². The number of nitrogens with zero attached hydrogens (tertiary/aromatic N) is 1. The van der Waals surface area contributed by atoms with Crippen molar-refractivity contribution in [2.75, 3.05) is 5.32 Å². The van der Waals surface area contributed by atoms with Gasteiger partial charge in [-0.3, -0.25) is 4.79 Å². The Morgan fingerprint density at radius 1 is 1.26 bits per heavy atom.